The van der Waals surface area contributed by atoms with Gasteiger partial charge >= 0.3 is 6.09 Å². The third-order valence-corrected chi connectivity index (χ3v) is 4.88. The van der Waals surface area contributed by atoms with E-state index in [2.05, 4.69) is 15.3 Å². The quantitative estimate of drug-likeness (QED) is 0.532. The Morgan fingerprint density at radius 2 is 2.03 bits per heavy atom. The van der Waals surface area contributed by atoms with Crippen molar-refractivity contribution in [3.8, 4) is 5.75 Å². The highest BCUT2D eigenvalue weighted by molar-refractivity contribution is 6.29. The van der Waals surface area contributed by atoms with Gasteiger partial charge in [0.1, 0.15) is 23.7 Å². The normalized spacial score (nSPS) is 16.0. The molecule has 0 radical (unpaired) electrons. The fourth-order valence-electron chi connectivity index (χ4n) is 3.28. The average molecular weight is 429 g/mol. The molecule has 1 amide bonds. The van der Waals surface area contributed by atoms with Crippen molar-refractivity contribution in [2.45, 2.75) is 12.6 Å². The predicted octanol–water partition coefficient (Wildman–Crippen LogP) is 3.09. The van der Waals surface area contributed by atoms with Crippen LogP contribution in [0.4, 0.5) is 10.6 Å². The van der Waals surface area contributed by atoms with Gasteiger partial charge in [0.2, 0.25) is 5.28 Å². The van der Waals surface area contributed by atoms with Crippen molar-refractivity contribution >= 4 is 34.4 Å². The highest BCUT2D eigenvalue weighted by Gasteiger charge is 2.31. The minimum Gasteiger partial charge on any atom is -0.487 e. The molecule has 4 rings (SSSR count). The topological polar surface area (TPSA) is 96.8 Å². The SMILES string of the molecule is O=C1OC(COc2cccc3c(NCc4ccccc4)nc(Cl)nc23)CN1CCO. The number of benzene rings is 2. The van der Waals surface area contributed by atoms with Crippen LogP contribution in [0.2, 0.25) is 5.28 Å². The van der Waals surface area contributed by atoms with E-state index < -0.39 is 12.2 Å². The first kappa shape index (κ1) is 20.2. The van der Waals surface area contributed by atoms with Gasteiger partial charge in [-0.25, -0.2) is 14.8 Å². The van der Waals surface area contributed by atoms with Crippen molar-refractivity contribution in [2.75, 3.05) is 31.6 Å². The molecule has 30 heavy (non-hydrogen) atoms. The molecular weight excluding hydrogens is 408 g/mol. The summed E-state index contributed by atoms with van der Waals surface area (Å²) in [5.41, 5.74) is 1.69. The molecular formula is C21H21ClN4O4. The monoisotopic (exact) mass is 428 g/mol. The van der Waals surface area contributed by atoms with Gasteiger partial charge in [-0.2, -0.15) is 0 Å². The second-order valence-corrected chi connectivity index (χ2v) is 7.16. The molecule has 1 saturated heterocycles. The number of hydrogen-bond acceptors (Lipinski definition) is 7. The van der Waals surface area contributed by atoms with Gasteiger partial charge in [0.15, 0.2) is 6.10 Å². The maximum atomic E-state index is 11.8. The highest BCUT2D eigenvalue weighted by atomic mass is 35.5. The number of fused-ring (bicyclic) bond motifs is 1. The standard InChI is InChI=1S/C21H21ClN4O4/c22-20-24-18-16(19(25-20)23-11-14-5-2-1-3-6-14)7-4-8-17(18)29-13-15-12-26(9-10-27)21(28)30-15/h1-8,15,27H,9-13H2,(H,23,24,25). The van der Waals surface area contributed by atoms with Crippen molar-refractivity contribution in [3.63, 3.8) is 0 Å². The molecule has 2 aromatic carbocycles. The van der Waals surface area contributed by atoms with Crippen LogP contribution >= 0.6 is 11.6 Å². The summed E-state index contributed by atoms with van der Waals surface area (Å²) >= 11 is 6.16. The number of halogens is 1. The largest absolute Gasteiger partial charge is 0.487 e. The van der Waals surface area contributed by atoms with Crippen LogP contribution in [-0.4, -0.2) is 58.5 Å². The predicted molar refractivity (Wildman–Crippen MR) is 113 cm³/mol. The molecule has 1 aromatic heterocycles. The van der Waals surface area contributed by atoms with Crippen LogP contribution in [0.25, 0.3) is 10.9 Å². The highest BCUT2D eigenvalue weighted by Crippen LogP contribution is 2.30. The molecule has 2 heterocycles. The molecule has 0 saturated carbocycles. The fourth-order valence-corrected chi connectivity index (χ4v) is 3.45. The lowest BCUT2D eigenvalue weighted by Crippen LogP contribution is -2.29. The van der Waals surface area contributed by atoms with Crippen molar-refractivity contribution in [2.24, 2.45) is 0 Å². The van der Waals surface area contributed by atoms with E-state index in [-0.39, 0.29) is 25.0 Å². The number of nitrogens with one attached hydrogen (secondary N) is 1. The number of aliphatic hydroxyl groups excluding tert-OH is 1. The van der Waals surface area contributed by atoms with E-state index in [0.29, 0.717) is 30.2 Å². The first-order valence-electron chi connectivity index (χ1n) is 9.57. The number of hydrogen-bond donors (Lipinski definition) is 2. The first-order chi connectivity index (χ1) is 14.6. The van der Waals surface area contributed by atoms with Crippen molar-refractivity contribution in [1.29, 1.82) is 0 Å². The van der Waals surface area contributed by atoms with E-state index in [4.69, 9.17) is 26.2 Å². The zero-order chi connectivity index (χ0) is 20.9. The van der Waals surface area contributed by atoms with Gasteiger partial charge in [-0.05, 0) is 29.3 Å². The minimum absolute atomic E-state index is 0.107. The van der Waals surface area contributed by atoms with Crippen LogP contribution in [0.15, 0.2) is 48.5 Å². The van der Waals surface area contributed by atoms with Crippen molar-refractivity contribution in [1.82, 2.24) is 14.9 Å². The number of rotatable bonds is 8. The number of para-hydroxylation sites is 1. The van der Waals surface area contributed by atoms with E-state index in [0.717, 1.165) is 10.9 Å². The summed E-state index contributed by atoms with van der Waals surface area (Å²) in [4.78, 5) is 21.9. The lowest BCUT2D eigenvalue weighted by molar-refractivity contribution is 0.102. The lowest BCUT2D eigenvalue weighted by atomic mass is 10.2. The molecule has 3 aromatic rings. The third kappa shape index (κ3) is 4.55. The van der Waals surface area contributed by atoms with Crippen molar-refractivity contribution in [3.05, 3.63) is 59.4 Å². The summed E-state index contributed by atoms with van der Waals surface area (Å²) in [5.74, 6) is 1.14. The Kier molecular flexibility index (Phi) is 6.15. The molecule has 1 atom stereocenters. The molecule has 1 aliphatic heterocycles. The Morgan fingerprint density at radius 3 is 2.83 bits per heavy atom. The van der Waals surface area contributed by atoms with Crippen LogP contribution in [0.1, 0.15) is 5.56 Å². The van der Waals surface area contributed by atoms with Gasteiger partial charge in [-0.3, -0.25) is 0 Å². The average Bonchev–Trinajstić information content (AvgIpc) is 3.11. The van der Waals surface area contributed by atoms with E-state index in [1.54, 1.807) is 6.07 Å². The zero-order valence-electron chi connectivity index (χ0n) is 16.1. The molecule has 1 aliphatic rings. The third-order valence-electron chi connectivity index (χ3n) is 4.71. The van der Waals surface area contributed by atoms with Crippen LogP contribution < -0.4 is 10.1 Å². The van der Waals surface area contributed by atoms with E-state index in [9.17, 15) is 4.79 Å². The number of amides is 1. The molecule has 1 fully saturated rings. The molecule has 0 spiro atoms. The molecule has 2 N–H and O–H groups in total. The number of cyclic esters (lactones) is 1. The van der Waals surface area contributed by atoms with Gasteiger partial charge in [-0.15, -0.1) is 0 Å². The Morgan fingerprint density at radius 1 is 1.20 bits per heavy atom. The number of ether oxygens (including phenoxy) is 2. The number of β-amino-alcohol motifs (C(OH)–C–C–N with tert-alkyl or cyclic N) is 1. The van der Waals surface area contributed by atoms with Crippen molar-refractivity contribution < 1.29 is 19.4 Å². The zero-order valence-corrected chi connectivity index (χ0v) is 16.9. The van der Waals surface area contributed by atoms with E-state index in [1.807, 2.05) is 42.5 Å². The van der Waals surface area contributed by atoms with Gasteiger partial charge in [-0.1, -0.05) is 36.4 Å². The molecule has 0 bridgehead atoms. The summed E-state index contributed by atoms with van der Waals surface area (Å²) < 4.78 is 11.2. The number of aromatic nitrogens is 2. The van der Waals surface area contributed by atoms with Crippen LogP contribution in [0.5, 0.6) is 5.75 Å². The smallest absolute Gasteiger partial charge is 0.410 e. The van der Waals surface area contributed by atoms with Crippen LogP contribution in [0.3, 0.4) is 0 Å². The Hall–Kier alpha value is -3.10. The summed E-state index contributed by atoms with van der Waals surface area (Å²) in [6, 6.07) is 15.5. The Labute approximate surface area is 178 Å². The maximum Gasteiger partial charge on any atom is 0.410 e. The molecule has 156 valence electrons. The van der Waals surface area contributed by atoms with E-state index in [1.165, 1.54) is 4.90 Å². The van der Waals surface area contributed by atoms with E-state index >= 15 is 0 Å². The summed E-state index contributed by atoms with van der Waals surface area (Å²) in [6.07, 6.45) is -0.874. The molecule has 1 unspecified atom stereocenters. The number of carbonyl (C=O) groups excluding carboxylic acids is 1. The summed E-state index contributed by atoms with van der Waals surface area (Å²) in [6.45, 7) is 1.25. The number of anilines is 1. The van der Waals surface area contributed by atoms with Crippen LogP contribution in [0, 0.1) is 0 Å². The summed E-state index contributed by atoms with van der Waals surface area (Å²) in [7, 11) is 0. The second-order valence-electron chi connectivity index (χ2n) is 6.82. The maximum absolute atomic E-state index is 11.8. The second kappa shape index (κ2) is 9.15. The van der Waals surface area contributed by atoms with Gasteiger partial charge in [0, 0.05) is 18.5 Å². The van der Waals surface area contributed by atoms with Gasteiger partial charge in [0.25, 0.3) is 0 Å². The van der Waals surface area contributed by atoms with Gasteiger partial charge in [0.05, 0.1) is 13.2 Å². The lowest BCUT2D eigenvalue weighted by Gasteiger charge is -2.14. The first-order valence-corrected chi connectivity index (χ1v) is 9.95. The minimum atomic E-state index is -0.451. The summed E-state index contributed by atoms with van der Waals surface area (Å²) in [5, 5.41) is 13.2. The Balaban J connectivity index is 1.50. The molecule has 0 aliphatic carbocycles. The number of carbonyl (C=O) groups is 1. The molecule has 9 heteroatoms. The van der Waals surface area contributed by atoms with Gasteiger partial charge < -0.3 is 24.8 Å². The fraction of sp³-hybridized carbons (Fsp3) is 0.286. The van der Waals surface area contributed by atoms with Crippen LogP contribution in [-0.2, 0) is 11.3 Å². The Bertz CT molecular complexity index is 1030. The number of aliphatic hydroxyl groups is 1. The molecule has 8 nitrogen and oxygen atoms in total. The number of nitrogens with zero attached hydrogens (tertiary/aromatic N) is 3.